The lowest BCUT2D eigenvalue weighted by Gasteiger charge is -2.09. The van der Waals surface area contributed by atoms with Crippen molar-refractivity contribution in [2.75, 3.05) is 6.61 Å². The molecule has 8 heteroatoms. The second kappa shape index (κ2) is 8.93. The molecule has 0 saturated carbocycles. The van der Waals surface area contributed by atoms with Crippen LogP contribution in [0.15, 0.2) is 83.9 Å². The second-order valence-electron chi connectivity index (χ2n) is 8.35. The molecule has 0 amide bonds. The van der Waals surface area contributed by atoms with Crippen LogP contribution in [0, 0.1) is 6.92 Å². The highest BCUT2D eigenvalue weighted by Gasteiger charge is 2.14. The van der Waals surface area contributed by atoms with E-state index in [9.17, 15) is 4.79 Å². The number of nitrogens with zero attached hydrogens (tertiary/aromatic N) is 4. The summed E-state index contributed by atoms with van der Waals surface area (Å²) in [5, 5.41) is 0.677. The van der Waals surface area contributed by atoms with Crippen molar-refractivity contribution in [2.45, 2.75) is 13.8 Å². The Labute approximate surface area is 216 Å². The first kappa shape index (κ1) is 22.5. The van der Waals surface area contributed by atoms with Crippen LogP contribution in [-0.2, 0) is 0 Å². The van der Waals surface area contributed by atoms with Crippen LogP contribution in [0.25, 0.3) is 43.1 Å². The Bertz CT molecular complexity index is 1780. The Morgan fingerprint density at radius 1 is 0.944 bits per heavy atom. The van der Waals surface area contributed by atoms with Crippen molar-refractivity contribution in [1.82, 2.24) is 19.1 Å². The van der Waals surface area contributed by atoms with Crippen molar-refractivity contribution in [3.63, 3.8) is 0 Å². The van der Waals surface area contributed by atoms with Gasteiger partial charge in [-0.05, 0) is 80.1 Å². The average molecular weight is 513 g/mol. The number of aromatic nitrogens is 4. The van der Waals surface area contributed by atoms with Gasteiger partial charge in [0, 0.05) is 15.6 Å². The number of fused-ring (bicyclic) bond motifs is 2. The number of thiophene rings is 1. The van der Waals surface area contributed by atoms with Gasteiger partial charge in [-0.25, -0.2) is 9.97 Å². The Hall–Kier alpha value is -3.94. The molecule has 0 fully saturated rings. The molecule has 6 rings (SSSR count). The number of ether oxygens (including phenoxy) is 1. The fourth-order valence-electron chi connectivity index (χ4n) is 4.38. The molecule has 0 unspecified atom stereocenters. The van der Waals surface area contributed by atoms with E-state index < -0.39 is 0 Å². The second-order valence-corrected chi connectivity index (χ2v) is 9.83. The molecule has 0 aliphatic carbocycles. The molecule has 0 aliphatic heterocycles. The standard InChI is InChI=1S/C28H21ClN4O2S/c1-3-35-22-11-8-20(9-12-22)33-17(2)31-23-14-21(10-13-25(23)33)32-16-30-24-15-26(36-27(24)28(32)34)18-4-6-19(29)7-5-18/h4-16H,3H2,1-2H3. The molecule has 6 nitrogen and oxygen atoms in total. The first-order chi connectivity index (χ1) is 17.5. The fraction of sp³-hybridized carbons (Fsp3) is 0.107. The molecule has 0 bridgehead atoms. The molecular formula is C28H21ClN4O2S. The zero-order chi connectivity index (χ0) is 24.8. The lowest BCUT2D eigenvalue weighted by atomic mass is 10.2. The largest absolute Gasteiger partial charge is 0.494 e. The third-order valence-corrected chi connectivity index (χ3v) is 7.47. The predicted molar refractivity (Wildman–Crippen MR) is 146 cm³/mol. The van der Waals surface area contributed by atoms with E-state index in [2.05, 4.69) is 9.55 Å². The van der Waals surface area contributed by atoms with Crippen molar-refractivity contribution in [3.05, 3.63) is 100 Å². The van der Waals surface area contributed by atoms with E-state index in [1.807, 2.05) is 86.6 Å². The molecule has 0 N–H and O–H groups in total. The van der Waals surface area contributed by atoms with Gasteiger partial charge in [0.15, 0.2) is 0 Å². The van der Waals surface area contributed by atoms with Gasteiger partial charge >= 0.3 is 0 Å². The number of hydrogen-bond donors (Lipinski definition) is 0. The molecule has 0 spiro atoms. The van der Waals surface area contributed by atoms with Crippen molar-refractivity contribution >= 4 is 44.2 Å². The highest BCUT2D eigenvalue weighted by Crippen LogP contribution is 2.32. The molecule has 0 saturated heterocycles. The van der Waals surface area contributed by atoms with E-state index in [1.54, 1.807) is 10.9 Å². The van der Waals surface area contributed by atoms with E-state index in [0.29, 0.717) is 21.8 Å². The third kappa shape index (κ3) is 3.86. The number of halogens is 1. The minimum absolute atomic E-state index is 0.104. The summed E-state index contributed by atoms with van der Waals surface area (Å²) < 4.78 is 9.85. The maximum Gasteiger partial charge on any atom is 0.275 e. The van der Waals surface area contributed by atoms with Crippen LogP contribution in [0.1, 0.15) is 12.7 Å². The normalized spacial score (nSPS) is 11.4. The average Bonchev–Trinajstić information content (AvgIpc) is 3.46. The lowest BCUT2D eigenvalue weighted by Crippen LogP contribution is -2.17. The zero-order valence-corrected chi connectivity index (χ0v) is 21.2. The molecule has 0 atom stereocenters. The Balaban J connectivity index is 1.40. The molecule has 6 aromatic rings. The van der Waals surface area contributed by atoms with Gasteiger partial charge in [-0.2, -0.15) is 0 Å². The lowest BCUT2D eigenvalue weighted by molar-refractivity contribution is 0.340. The van der Waals surface area contributed by atoms with E-state index in [4.69, 9.17) is 21.3 Å². The minimum atomic E-state index is -0.104. The summed E-state index contributed by atoms with van der Waals surface area (Å²) in [6, 6.07) is 23.3. The van der Waals surface area contributed by atoms with Gasteiger partial charge in [0.25, 0.3) is 5.56 Å². The summed E-state index contributed by atoms with van der Waals surface area (Å²) >= 11 is 7.46. The maximum atomic E-state index is 13.4. The SMILES string of the molecule is CCOc1ccc(-n2c(C)nc3cc(-n4cnc5cc(-c6ccc(Cl)cc6)sc5c4=O)ccc32)cc1. The van der Waals surface area contributed by atoms with Crippen molar-refractivity contribution in [1.29, 1.82) is 0 Å². The maximum absolute atomic E-state index is 13.4. The van der Waals surface area contributed by atoms with E-state index >= 15 is 0 Å². The van der Waals surface area contributed by atoms with Crippen LogP contribution in [0.5, 0.6) is 5.75 Å². The summed E-state index contributed by atoms with van der Waals surface area (Å²) in [5.74, 6) is 1.69. The van der Waals surface area contributed by atoms with Crippen LogP contribution < -0.4 is 10.3 Å². The van der Waals surface area contributed by atoms with Gasteiger partial charge in [-0.3, -0.25) is 13.9 Å². The van der Waals surface area contributed by atoms with Crippen LogP contribution in [0.3, 0.4) is 0 Å². The molecule has 36 heavy (non-hydrogen) atoms. The van der Waals surface area contributed by atoms with E-state index in [0.717, 1.165) is 44.4 Å². The number of aryl methyl sites for hydroxylation is 1. The van der Waals surface area contributed by atoms with Crippen molar-refractivity contribution < 1.29 is 4.74 Å². The Kier molecular flexibility index (Phi) is 5.59. The third-order valence-electron chi connectivity index (χ3n) is 6.06. The van der Waals surface area contributed by atoms with Gasteiger partial charge in [0.1, 0.15) is 22.6 Å². The van der Waals surface area contributed by atoms with Crippen LogP contribution in [0.4, 0.5) is 0 Å². The number of imidazole rings is 1. The highest BCUT2D eigenvalue weighted by atomic mass is 35.5. The molecule has 3 aromatic heterocycles. The highest BCUT2D eigenvalue weighted by molar-refractivity contribution is 7.22. The smallest absolute Gasteiger partial charge is 0.275 e. The number of rotatable bonds is 5. The number of benzene rings is 3. The first-order valence-electron chi connectivity index (χ1n) is 11.5. The van der Waals surface area contributed by atoms with Crippen LogP contribution in [-0.4, -0.2) is 25.7 Å². The first-order valence-corrected chi connectivity index (χ1v) is 12.7. The topological polar surface area (TPSA) is 61.9 Å². The summed E-state index contributed by atoms with van der Waals surface area (Å²) in [5.41, 5.74) is 5.07. The van der Waals surface area contributed by atoms with Gasteiger partial charge < -0.3 is 4.74 Å². The number of hydrogen-bond acceptors (Lipinski definition) is 5. The van der Waals surface area contributed by atoms with Crippen LogP contribution in [0.2, 0.25) is 5.02 Å². The molecular weight excluding hydrogens is 492 g/mol. The summed E-state index contributed by atoms with van der Waals surface area (Å²) in [6.07, 6.45) is 1.58. The summed E-state index contributed by atoms with van der Waals surface area (Å²) in [4.78, 5) is 23.7. The summed E-state index contributed by atoms with van der Waals surface area (Å²) in [7, 11) is 0. The monoisotopic (exact) mass is 512 g/mol. The van der Waals surface area contributed by atoms with Gasteiger partial charge in [0.05, 0.1) is 28.8 Å². The quantitative estimate of drug-likeness (QED) is 0.254. The van der Waals surface area contributed by atoms with E-state index in [1.165, 1.54) is 11.3 Å². The Morgan fingerprint density at radius 2 is 1.69 bits per heavy atom. The Morgan fingerprint density at radius 3 is 2.44 bits per heavy atom. The van der Waals surface area contributed by atoms with Gasteiger partial charge in [0.2, 0.25) is 0 Å². The predicted octanol–water partition coefficient (Wildman–Crippen LogP) is 6.81. The zero-order valence-electron chi connectivity index (χ0n) is 19.6. The van der Waals surface area contributed by atoms with Crippen LogP contribution >= 0.6 is 22.9 Å². The molecule has 0 aliphatic rings. The van der Waals surface area contributed by atoms with Crippen molar-refractivity contribution in [3.8, 4) is 27.6 Å². The molecule has 3 heterocycles. The molecule has 3 aromatic carbocycles. The molecule has 178 valence electrons. The van der Waals surface area contributed by atoms with Gasteiger partial charge in [-0.1, -0.05) is 23.7 Å². The van der Waals surface area contributed by atoms with E-state index in [-0.39, 0.29) is 5.56 Å². The van der Waals surface area contributed by atoms with Gasteiger partial charge in [-0.15, -0.1) is 11.3 Å². The summed E-state index contributed by atoms with van der Waals surface area (Å²) in [6.45, 7) is 4.57. The molecule has 0 radical (unpaired) electrons. The minimum Gasteiger partial charge on any atom is -0.494 e. The van der Waals surface area contributed by atoms with Crippen molar-refractivity contribution in [2.24, 2.45) is 0 Å². The fourth-order valence-corrected chi connectivity index (χ4v) is 5.55.